The van der Waals surface area contributed by atoms with Crippen molar-refractivity contribution in [2.45, 2.75) is 258 Å². The normalized spacial score (nSPS) is 32.6. The standard InChI is InChI=1S/C36H35NO.C35H32O2.C33H36O2.C31H33NO/c1-28(38)37(32-20-12-5-13-21-32)36-25-33(29-14-6-2-7-15-29)22-34(26-36,30-16-8-3-9-17-30)24-35(23-33,27-36)31-18-10-4-11-19-31;36-31(37-30-19-11-4-12-20-30)35-24-32(27-13-5-1-6-14-27)21-33(25-35,28-15-7-2-8-16-28)23-34(22-32,26-35)29-17-9-3-10-18-29;1-29(2,3)35-28(34)33-22-30(25-13-7-4-8-14-25)19-31(23-33,26-15-9-5-10-16-26)21-32(20-30,24-33)27-17-11-6-12-18-27;1-32(2)27(33)31-21-28(24-12-6-3-7-13-24)18-29(22-31,25-14-8-4-9-15-25)20-30(19-28,23-31)26-16-10-5-11-17-26/h2-21H,22-27H2,1H3;1-20H,21-26H2;4-18H,19-24H2,1-3H3;3-17H,18-23H2,1-2H3. The first-order valence-corrected chi connectivity index (χ1v) is 52.9. The maximum absolute atomic E-state index is 14.4. The van der Waals surface area contributed by atoms with Gasteiger partial charge in [0.1, 0.15) is 11.4 Å². The molecule has 0 spiro atoms. The molecule has 0 radical (unpaired) electrons. The van der Waals surface area contributed by atoms with Gasteiger partial charge in [0.05, 0.1) is 21.8 Å². The maximum Gasteiger partial charge on any atom is 0.317 e. The first kappa shape index (κ1) is 93.6. The average Bonchev–Trinajstić information content (AvgIpc) is 0.682. The van der Waals surface area contributed by atoms with Crippen molar-refractivity contribution in [3.05, 3.63) is 491 Å². The van der Waals surface area contributed by atoms with Crippen LogP contribution in [0.1, 0.15) is 249 Å². The number of para-hydroxylation sites is 2. The van der Waals surface area contributed by atoms with Gasteiger partial charge in [-0.3, -0.25) is 19.2 Å². The van der Waals surface area contributed by atoms with Gasteiger partial charge in [-0.2, -0.15) is 0 Å². The van der Waals surface area contributed by atoms with Gasteiger partial charge in [-0.25, -0.2) is 0 Å². The Balaban J connectivity index is 0.000000106. The Morgan fingerprint density at radius 3 is 0.566 bits per heavy atom. The Hall–Kier alpha value is -13.0. The highest BCUT2D eigenvalue weighted by molar-refractivity contribution is 5.94. The molecule has 8 heteroatoms. The monoisotopic (exact) mass is 1880 g/mol. The minimum absolute atomic E-state index is 0.00465. The molecule has 8 nitrogen and oxygen atoms in total. The number of rotatable bonds is 18. The maximum atomic E-state index is 14.4. The zero-order chi connectivity index (χ0) is 97.9. The van der Waals surface area contributed by atoms with Gasteiger partial charge in [-0.15, -0.1) is 0 Å². The fourth-order valence-corrected chi connectivity index (χ4v) is 35.5. The molecule has 16 fully saturated rings. The molecule has 0 aliphatic heterocycles. The molecule has 2 amide bonds. The van der Waals surface area contributed by atoms with Crippen LogP contribution in [0.15, 0.2) is 425 Å². The van der Waals surface area contributed by atoms with E-state index in [0.29, 0.717) is 11.7 Å². The summed E-state index contributed by atoms with van der Waals surface area (Å²) in [6.45, 7) is 7.76. The highest BCUT2D eigenvalue weighted by Gasteiger charge is 2.77. The quantitative estimate of drug-likeness (QED) is 0.0628. The predicted molar refractivity (Wildman–Crippen MR) is 574 cm³/mol. The van der Waals surface area contributed by atoms with E-state index in [1.165, 1.54) is 66.8 Å². The molecular formula is C135H136N2O6. The lowest BCUT2D eigenvalue weighted by molar-refractivity contribution is -0.191. The van der Waals surface area contributed by atoms with Crippen molar-refractivity contribution in [3.8, 4) is 5.75 Å². The molecular weight excluding hydrogens is 1750 g/mol. The summed E-state index contributed by atoms with van der Waals surface area (Å²) >= 11 is 0. The average molecular weight is 1880 g/mol. The number of nitrogens with zero attached hydrogens (tertiary/aromatic N) is 2. The molecule has 722 valence electrons. The van der Waals surface area contributed by atoms with Crippen molar-refractivity contribution in [1.29, 1.82) is 0 Å². The third-order valence-corrected chi connectivity index (χ3v) is 37.7. The van der Waals surface area contributed by atoms with Gasteiger partial charge >= 0.3 is 11.9 Å². The number of carbonyl (C=O) groups is 4. The summed E-state index contributed by atoms with van der Waals surface area (Å²) in [5.74, 6) is 1.05. The fraction of sp³-hybridized carbons (Fsp3) is 0.348. The van der Waals surface area contributed by atoms with E-state index in [2.05, 4.69) is 393 Å². The van der Waals surface area contributed by atoms with E-state index < -0.39 is 16.4 Å². The molecule has 30 rings (SSSR count). The molecule has 0 N–H and O–H groups in total. The van der Waals surface area contributed by atoms with Crippen LogP contribution in [0.4, 0.5) is 5.69 Å². The predicted octanol–water partition coefficient (Wildman–Crippen LogP) is 29.5. The number of hydrogen-bond donors (Lipinski definition) is 0. The SMILES string of the molecule is CC(=O)N(c1ccccc1)C12CC3(c4ccccc4)CC(c4ccccc4)(CC(c4ccccc4)(C3)C1)C2.CC(C)(C)OC(=O)C12CC3(c4ccccc4)CC(c4ccccc4)(C1)CC(c1ccccc1)(C2)C3.CN(C)C(=O)C12CC3(c4ccccc4)CC(c4ccccc4)(C1)CC(c1ccccc1)(C2)C3.O=C(Oc1ccccc1)C12CC3(c4ccccc4)CC(c4ccccc4)(C1)CC(c1ccccc1)(C2)C3. The van der Waals surface area contributed by atoms with E-state index in [1.54, 1.807) is 6.92 Å². The molecule has 0 heterocycles. The fourth-order valence-electron chi connectivity index (χ4n) is 35.5. The van der Waals surface area contributed by atoms with Crippen LogP contribution < -0.4 is 9.64 Å². The summed E-state index contributed by atoms with van der Waals surface area (Å²) in [7, 11) is 3.89. The van der Waals surface area contributed by atoms with Crippen molar-refractivity contribution in [3.63, 3.8) is 0 Å². The highest BCUT2D eigenvalue weighted by atomic mass is 16.6. The molecule has 0 atom stereocenters. The third kappa shape index (κ3) is 16.0. The molecule has 0 unspecified atom stereocenters. The van der Waals surface area contributed by atoms with Crippen LogP contribution in [0.5, 0.6) is 5.75 Å². The molecule has 14 aromatic carbocycles. The minimum atomic E-state index is -0.549. The van der Waals surface area contributed by atoms with Gasteiger partial charge in [0.25, 0.3) is 0 Å². The Bertz CT molecular complexity index is 6360. The molecule has 16 saturated carbocycles. The van der Waals surface area contributed by atoms with Crippen molar-refractivity contribution >= 4 is 29.4 Å². The lowest BCUT2D eigenvalue weighted by atomic mass is 9.32. The molecule has 16 bridgehead atoms. The number of esters is 2. The summed E-state index contributed by atoms with van der Waals surface area (Å²) in [5.41, 5.74) is 15.2. The first-order chi connectivity index (χ1) is 69.1. The number of anilines is 1. The second kappa shape index (κ2) is 35.2. The summed E-state index contributed by atoms with van der Waals surface area (Å²) in [6, 6.07) is 153. The zero-order valence-electron chi connectivity index (χ0n) is 84.2. The largest absolute Gasteiger partial charge is 0.460 e. The second-order valence-corrected chi connectivity index (χ2v) is 48.7. The Morgan fingerprint density at radius 1 is 0.217 bits per heavy atom. The van der Waals surface area contributed by atoms with Crippen molar-refractivity contribution in [2.75, 3.05) is 19.0 Å². The van der Waals surface area contributed by atoms with E-state index in [-0.39, 0.29) is 93.8 Å². The molecule has 0 aromatic heterocycles. The van der Waals surface area contributed by atoms with E-state index in [9.17, 15) is 19.2 Å². The number of hydrogen-bond acceptors (Lipinski definition) is 6. The lowest BCUT2D eigenvalue weighted by Gasteiger charge is -2.72. The van der Waals surface area contributed by atoms with Crippen LogP contribution in [0.25, 0.3) is 0 Å². The van der Waals surface area contributed by atoms with Gasteiger partial charge in [0.15, 0.2) is 0 Å². The Morgan fingerprint density at radius 2 is 0.385 bits per heavy atom. The second-order valence-electron chi connectivity index (χ2n) is 48.7. The zero-order valence-corrected chi connectivity index (χ0v) is 84.2. The first-order valence-electron chi connectivity index (χ1n) is 52.9. The third-order valence-electron chi connectivity index (χ3n) is 37.7. The van der Waals surface area contributed by atoms with Crippen LogP contribution >= 0.6 is 0 Å². The van der Waals surface area contributed by atoms with E-state index in [0.717, 1.165) is 160 Å². The summed E-state index contributed by atoms with van der Waals surface area (Å²) in [6.07, 6.45) is 24.3. The minimum Gasteiger partial charge on any atom is -0.460 e. The van der Waals surface area contributed by atoms with Crippen LogP contribution in [0, 0.1) is 16.2 Å². The summed E-state index contributed by atoms with van der Waals surface area (Å²) < 4.78 is 12.4. The molecule has 14 aromatic rings. The smallest absolute Gasteiger partial charge is 0.317 e. The summed E-state index contributed by atoms with van der Waals surface area (Å²) in [5, 5.41) is 0. The molecule has 0 saturated heterocycles. The molecule has 16 aliphatic carbocycles. The van der Waals surface area contributed by atoms with Crippen LogP contribution in [0.3, 0.4) is 0 Å². The van der Waals surface area contributed by atoms with Crippen molar-refractivity contribution in [1.82, 2.24) is 4.90 Å². The number of amides is 2. The molecule has 16 aliphatic rings. The van der Waals surface area contributed by atoms with Gasteiger partial charge < -0.3 is 19.3 Å². The van der Waals surface area contributed by atoms with Crippen LogP contribution in [0.2, 0.25) is 0 Å². The van der Waals surface area contributed by atoms with Gasteiger partial charge in [-0.05, 0) is 331 Å². The van der Waals surface area contributed by atoms with Crippen LogP contribution in [-0.2, 0) is 88.9 Å². The van der Waals surface area contributed by atoms with E-state index in [4.69, 9.17) is 9.47 Å². The van der Waals surface area contributed by atoms with Crippen LogP contribution in [-0.4, -0.2) is 53.9 Å². The van der Waals surface area contributed by atoms with Gasteiger partial charge in [0, 0.05) is 26.7 Å². The number of carbonyl (C=O) groups excluding carboxylic acids is 4. The highest BCUT2D eigenvalue weighted by Crippen LogP contribution is 2.80. The Labute approximate surface area is 847 Å². The Kier molecular flexibility index (Phi) is 23.0. The van der Waals surface area contributed by atoms with E-state index >= 15 is 0 Å². The lowest BCUT2D eigenvalue weighted by Crippen LogP contribution is -2.73. The molecule has 143 heavy (non-hydrogen) atoms. The number of benzene rings is 14. The van der Waals surface area contributed by atoms with Gasteiger partial charge in [0.2, 0.25) is 11.8 Å². The van der Waals surface area contributed by atoms with Crippen molar-refractivity contribution in [2.24, 2.45) is 16.2 Å². The number of ether oxygens (including phenoxy) is 2. The van der Waals surface area contributed by atoms with Gasteiger partial charge in [-0.1, -0.05) is 400 Å². The summed E-state index contributed by atoms with van der Waals surface area (Å²) in [4.78, 5) is 60.4. The topological polar surface area (TPSA) is 93.2 Å². The van der Waals surface area contributed by atoms with E-state index in [1.807, 2.05) is 76.2 Å². The van der Waals surface area contributed by atoms with Crippen molar-refractivity contribution < 1.29 is 28.7 Å².